The second kappa shape index (κ2) is 4.98. The number of aromatic nitrogens is 3. The van der Waals surface area contributed by atoms with Gasteiger partial charge in [0.1, 0.15) is 0 Å². The van der Waals surface area contributed by atoms with Gasteiger partial charge in [0.15, 0.2) is 0 Å². The summed E-state index contributed by atoms with van der Waals surface area (Å²) in [4.78, 5) is 0. The Kier molecular flexibility index (Phi) is 4.11. The number of nitrogens with zero attached hydrogens (tertiary/aromatic N) is 3. The molecule has 0 saturated carbocycles. The number of hydrogen-bond acceptors (Lipinski definition) is 2. The minimum atomic E-state index is 0.275. The summed E-state index contributed by atoms with van der Waals surface area (Å²) < 4.78 is 2.08. The van der Waals surface area contributed by atoms with Crippen molar-refractivity contribution in [1.82, 2.24) is 15.0 Å². The van der Waals surface area contributed by atoms with Gasteiger partial charge in [-0.2, -0.15) is 0 Å². The smallest absolute Gasteiger partial charge is 0.0867 e. The van der Waals surface area contributed by atoms with Crippen molar-refractivity contribution in [3.63, 3.8) is 0 Å². The maximum absolute atomic E-state index is 4.35. The first-order valence-corrected chi connectivity index (χ1v) is 6.27. The molecule has 1 rings (SSSR count). The zero-order chi connectivity index (χ0) is 12.3. The van der Waals surface area contributed by atoms with Gasteiger partial charge in [-0.05, 0) is 24.2 Å². The van der Waals surface area contributed by atoms with Crippen LogP contribution >= 0.6 is 0 Å². The second-order valence-corrected chi connectivity index (χ2v) is 6.04. The van der Waals surface area contributed by atoms with Gasteiger partial charge >= 0.3 is 0 Å². The van der Waals surface area contributed by atoms with Crippen molar-refractivity contribution in [2.45, 2.75) is 66.8 Å². The molecular weight excluding hydrogens is 198 g/mol. The highest BCUT2D eigenvalue weighted by Gasteiger charge is 2.20. The quantitative estimate of drug-likeness (QED) is 0.783. The summed E-state index contributed by atoms with van der Waals surface area (Å²) in [5.41, 5.74) is 2.77. The van der Waals surface area contributed by atoms with Crippen LogP contribution in [0.4, 0.5) is 0 Å². The molecule has 0 radical (unpaired) electrons. The Hall–Kier alpha value is -0.860. The maximum Gasteiger partial charge on any atom is 0.0867 e. The fourth-order valence-corrected chi connectivity index (χ4v) is 1.99. The first kappa shape index (κ1) is 13.2. The van der Waals surface area contributed by atoms with Crippen LogP contribution in [0.3, 0.4) is 0 Å². The first-order valence-electron chi connectivity index (χ1n) is 6.27. The molecule has 3 nitrogen and oxygen atoms in total. The van der Waals surface area contributed by atoms with Gasteiger partial charge in [0.05, 0.1) is 11.4 Å². The highest BCUT2D eigenvalue weighted by Crippen LogP contribution is 2.25. The molecule has 0 unspecified atom stereocenters. The van der Waals surface area contributed by atoms with Crippen molar-refractivity contribution < 1.29 is 0 Å². The van der Waals surface area contributed by atoms with Crippen LogP contribution in [0.5, 0.6) is 0 Å². The lowest BCUT2D eigenvalue weighted by atomic mass is 9.88. The SMILES string of the molecule is CCCn1nnc(CC(C)(C)C)c1C(C)C. The molecule has 0 aliphatic rings. The third-order valence-electron chi connectivity index (χ3n) is 2.53. The Morgan fingerprint density at radius 1 is 1.25 bits per heavy atom. The van der Waals surface area contributed by atoms with E-state index in [9.17, 15) is 0 Å². The van der Waals surface area contributed by atoms with Crippen LogP contribution in [0.15, 0.2) is 0 Å². The molecule has 0 atom stereocenters. The van der Waals surface area contributed by atoms with Gasteiger partial charge in [-0.15, -0.1) is 5.10 Å². The van der Waals surface area contributed by atoms with E-state index in [4.69, 9.17) is 0 Å². The standard InChI is InChI=1S/C13H25N3/c1-7-8-16-12(10(2)3)11(14-15-16)9-13(4,5)6/h10H,7-9H2,1-6H3. The van der Waals surface area contributed by atoms with E-state index >= 15 is 0 Å². The van der Waals surface area contributed by atoms with Crippen molar-refractivity contribution in [3.05, 3.63) is 11.4 Å². The molecule has 0 saturated heterocycles. The van der Waals surface area contributed by atoms with E-state index in [0.29, 0.717) is 5.92 Å². The molecule has 1 aromatic heterocycles. The van der Waals surface area contributed by atoms with E-state index in [1.165, 1.54) is 11.4 Å². The lowest BCUT2D eigenvalue weighted by Crippen LogP contribution is -2.13. The van der Waals surface area contributed by atoms with E-state index in [0.717, 1.165) is 19.4 Å². The lowest BCUT2D eigenvalue weighted by Gasteiger charge is -2.18. The van der Waals surface area contributed by atoms with Gasteiger partial charge in [-0.25, -0.2) is 4.68 Å². The van der Waals surface area contributed by atoms with E-state index in [-0.39, 0.29) is 5.41 Å². The minimum absolute atomic E-state index is 0.275. The highest BCUT2D eigenvalue weighted by atomic mass is 15.4. The minimum Gasteiger partial charge on any atom is -0.249 e. The van der Waals surface area contributed by atoms with Gasteiger partial charge in [0.25, 0.3) is 0 Å². The van der Waals surface area contributed by atoms with E-state index in [1.54, 1.807) is 0 Å². The topological polar surface area (TPSA) is 30.7 Å². The average molecular weight is 223 g/mol. The third-order valence-corrected chi connectivity index (χ3v) is 2.53. The lowest BCUT2D eigenvalue weighted by molar-refractivity contribution is 0.403. The molecule has 16 heavy (non-hydrogen) atoms. The molecule has 0 bridgehead atoms. The molecule has 92 valence electrons. The van der Waals surface area contributed by atoms with Crippen LogP contribution < -0.4 is 0 Å². The largest absolute Gasteiger partial charge is 0.249 e. The molecule has 0 N–H and O–H groups in total. The van der Waals surface area contributed by atoms with Crippen LogP contribution in [-0.2, 0) is 13.0 Å². The monoisotopic (exact) mass is 223 g/mol. The molecule has 0 aromatic carbocycles. The summed E-state index contributed by atoms with van der Waals surface area (Å²) >= 11 is 0. The van der Waals surface area contributed by atoms with Gasteiger partial charge < -0.3 is 0 Å². The van der Waals surface area contributed by atoms with Gasteiger partial charge in [0, 0.05) is 6.54 Å². The summed E-state index contributed by atoms with van der Waals surface area (Å²) in [6, 6.07) is 0. The van der Waals surface area contributed by atoms with Crippen LogP contribution in [0.25, 0.3) is 0 Å². The molecular formula is C13H25N3. The Morgan fingerprint density at radius 3 is 2.31 bits per heavy atom. The average Bonchev–Trinajstić information content (AvgIpc) is 2.45. The summed E-state index contributed by atoms with van der Waals surface area (Å²) in [7, 11) is 0. The number of hydrogen-bond donors (Lipinski definition) is 0. The van der Waals surface area contributed by atoms with E-state index < -0.39 is 0 Å². The number of rotatable bonds is 4. The second-order valence-electron chi connectivity index (χ2n) is 6.04. The van der Waals surface area contributed by atoms with Crippen LogP contribution in [-0.4, -0.2) is 15.0 Å². The summed E-state index contributed by atoms with van der Waals surface area (Å²) in [6.45, 7) is 14.3. The molecule has 0 aliphatic carbocycles. The third kappa shape index (κ3) is 3.32. The predicted molar refractivity (Wildman–Crippen MR) is 67.6 cm³/mol. The zero-order valence-electron chi connectivity index (χ0n) is 11.5. The van der Waals surface area contributed by atoms with E-state index in [2.05, 4.69) is 56.5 Å². The number of aryl methyl sites for hydroxylation is 1. The Morgan fingerprint density at radius 2 is 1.88 bits per heavy atom. The van der Waals surface area contributed by atoms with Crippen molar-refractivity contribution in [1.29, 1.82) is 0 Å². The Bertz CT molecular complexity index is 331. The van der Waals surface area contributed by atoms with Crippen LogP contribution in [0.1, 0.15) is 65.3 Å². The summed E-state index contributed by atoms with van der Waals surface area (Å²) in [6.07, 6.45) is 2.11. The molecule has 3 heteroatoms. The summed E-state index contributed by atoms with van der Waals surface area (Å²) in [5.74, 6) is 0.499. The van der Waals surface area contributed by atoms with Crippen molar-refractivity contribution in [2.24, 2.45) is 5.41 Å². The molecule has 0 amide bonds. The van der Waals surface area contributed by atoms with Crippen molar-refractivity contribution >= 4 is 0 Å². The van der Waals surface area contributed by atoms with E-state index in [1.807, 2.05) is 0 Å². The van der Waals surface area contributed by atoms with Crippen molar-refractivity contribution in [2.75, 3.05) is 0 Å². The van der Waals surface area contributed by atoms with Crippen LogP contribution in [0, 0.1) is 5.41 Å². The molecule has 1 heterocycles. The summed E-state index contributed by atoms with van der Waals surface area (Å²) in [5, 5.41) is 8.63. The van der Waals surface area contributed by atoms with Crippen molar-refractivity contribution in [3.8, 4) is 0 Å². The van der Waals surface area contributed by atoms with Gasteiger partial charge in [0.2, 0.25) is 0 Å². The fourth-order valence-electron chi connectivity index (χ4n) is 1.99. The zero-order valence-corrected chi connectivity index (χ0v) is 11.5. The predicted octanol–water partition coefficient (Wildman–Crippen LogP) is 3.40. The fraction of sp³-hybridized carbons (Fsp3) is 0.846. The molecule has 0 aliphatic heterocycles. The van der Waals surface area contributed by atoms with Gasteiger partial charge in [-0.1, -0.05) is 46.8 Å². The highest BCUT2D eigenvalue weighted by molar-refractivity contribution is 5.15. The van der Waals surface area contributed by atoms with Crippen LogP contribution in [0.2, 0.25) is 0 Å². The normalized spacial score (nSPS) is 12.4. The molecule has 0 fully saturated rings. The van der Waals surface area contributed by atoms with Gasteiger partial charge in [-0.3, -0.25) is 0 Å². The Labute approximate surface area is 99.2 Å². The maximum atomic E-state index is 4.35. The Balaban J connectivity index is 3.00. The molecule has 1 aromatic rings. The molecule has 0 spiro atoms. The first-order chi connectivity index (χ1) is 7.35.